The second-order valence-corrected chi connectivity index (χ2v) is 7.17. The lowest BCUT2D eigenvalue weighted by molar-refractivity contribution is -0.141. The first-order chi connectivity index (χ1) is 11.3. The fraction of sp³-hybridized carbons (Fsp3) is 0.556. The first-order valence-corrected chi connectivity index (χ1v) is 8.27. The quantitative estimate of drug-likeness (QED) is 0.856. The summed E-state index contributed by atoms with van der Waals surface area (Å²) in [4.78, 5) is 27.7. The third-order valence-electron chi connectivity index (χ3n) is 3.97. The average Bonchev–Trinajstić information content (AvgIpc) is 2.91. The molecule has 1 aromatic heterocycles. The number of aliphatic carboxylic acids is 1. The molecular formula is C18H26N2O4. The Labute approximate surface area is 142 Å². The van der Waals surface area contributed by atoms with Gasteiger partial charge in [-0.15, -0.1) is 0 Å². The van der Waals surface area contributed by atoms with E-state index in [0.29, 0.717) is 31.9 Å². The molecule has 1 unspecified atom stereocenters. The predicted molar refractivity (Wildman–Crippen MR) is 90.8 cm³/mol. The Morgan fingerprint density at radius 1 is 1.25 bits per heavy atom. The first kappa shape index (κ1) is 18.3. The second kappa shape index (κ2) is 7.66. The lowest BCUT2D eigenvalue weighted by atomic mass is 9.95. The van der Waals surface area contributed by atoms with Gasteiger partial charge in [-0.3, -0.25) is 14.5 Å². The van der Waals surface area contributed by atoms with E-state index >= 15 is 0 Å². The van der Waals surface area contributed by atoms with Gasteiger partial charge in [-0.05, 0) is 24.0 Å². The largest absolute Gasteiger partial charge is 0.480 e. The van der Waals surface area contributed by atoms with Crippen LogP contribution in [0.15, 0.2) is 35.0 Å². The maximum atomic E-state index is 12.4. The summed E-state index contributed by atoms with van der Waals surface area (Å²) in [7, 11) is 0. The summed E-state index contributed by atoms with van der Waals surface area (Å²) >= 11 is 0. The molecule has 0 radical (unpaired) electrons. The van der Waals surface area contributed by atoms with Crippen LogP contribution in [0.4, 0.5) is 0 Å². The van der Waals surface area contributed by atoms with Crippen LogP contribution in [0.25, 0.3) is 0 Å². The summed E-state index contributed by atoms with van der Waals surface area (Å²) in [5.41, 5.74) is -0.0686. The van der Waals surface area contributed by atoms with Crippen molar-refractivity contribution in [1.29, 1.82) is 0 Å². The standard InChI is InChI=1S/C18H26N2O4/c1-18(2,3)8-7-14(17(22)23)19-9-5-10-20(12-11-19)16(21)15-6-4-13-24-15/h4,6-8,13-14H,5,9-12H2,1-3H3,(H,22,23). The molecule has 0 spiro atoms. The number of hydrogen-bond donors (Lipinski definition) is 1. The van der Waals surface area contributed by atoms with Gasteiger partial charge in [-0.25, -0.2) is 0 Å². The SMILES string of the molecule is CC(C)(C)C=CC(C(=O)O)N1CCCN(C(=O)c2ccco2)CC1. The summed E-state index contributed by atoms with van der Waals surface area (Å²) in [5.74, 6) is -0.675. The highest BCUT2D eigenvalue weighted by molar-refractivity contribution is 5.91. The molecule has 0 bridgehead atoms. The minimum atomic E-state index is -0.860. The fourth-order valence-corrected chi connectivity index (χ4v) is 2.71. The van der Waals surface area contributed by atoms with Crippen LogP contribution >= 0.6 is 0 Å². The minimum absolute atomic E-state index is 0.0686. The Balaban J connectivity index is 2.04. The van der Waals surface area contributed by atoms with Crippen molar-refractivity contribution in [1.82, 2.24) is 9.80 Å². The average molecular weight is 334 g/mol. The van der Waals surface area contributed by atoms with Gasteiger partial charge in [0.2, 0.25) is 0 Å². The van der Waals surface area contributed by atoms with Crippen LogP contribution in [0.3, 0.4) is 0 Å². The summed E-state index contributed by atoms with van der Waals surface area (Å²) in [6.07, 6.45) is 5.91. The Morgan fingerprint density at radius 2 is 2.00 bits per heavy atom. The molecule has 2 heterocycles. The van der Waals surface area contributed by atoms with Crippen molar-refractivity contribution in [3.8, 4) is 0 Å². The van der Waals surface area contributed by atoms with E-state index in [0.717, 1.165) is 6.42 Å². The molecule has 2 rings (SSSR count). The van der Waals surface area contributed by atoms with Crippen LogP contribution < -0.4 is 0 Å². The lowest BCUT2D eigenvalue weighted by Crippen LogP contribution is -2.42. The molecule has 1 atom stereocenters. The van der Waals surface area contributed by atoms with Gasteiger partial charge >= 0.3 is 5.97 Å². The number of carbonyl (C=O) groups is 2. The number of rotatable bonds is 4. The zero-order valence-electron chi connectivity index (χ0n) is 14.6. The van der Waals surface area contributed by atoms with Crippen molar-refractivity contribution in [2.45, 2.75) is 33.2 Å². The molecule has 0 aromatic carbocycles. The minimum Gasteiger partial charge on any atom is -0.480 e. The molecule has 6 heteroatoms. The molecule has 1 fully saturated rings. The predicted octanol–water partition coefficient (Wildman–Crippen LogP) is 2.48. The van der Waals surface area contributed by atoms with E-state index in [1.807, 2.05) is 31.7 Å². The first-order valence-electron chi connectivity index (χ1n) is 8.27. The molecule has 1 aromatic rings. The smallest absolute Gasteiger partial charge is 0.324 e. The Kier molecular flexibility index (Phi) is 5.83. The molecule has 6 nitrogen and oxygen atoms in total. The van der Waals surface area contributed by atoms with Crippen molar-refractivity contribution in [2.75, 3.05) is 26.2 Å². The summed E-state index contributed by atoms with van der Waals surface area (Å²) in [6.45, 7) is 8.38. The van der Waals surface area contributed by atoms with Crippen LogP contribution in [0, 0.1) is 5.41 Å². The molecule has 1 amide bonds. The molecule has 1 aliphatic heterocycles. The molecule has 0 saturated carbocycles. The number of amides is 1. The number of carbonyl (C=O) groups excluding carboxylic acids is 1. The van der Waals surface area contributed by atoms with Crippen molar-refractivity contribution in [3.63, 3.8) is 0 Å². The highest BCUT2D eigenvalue weighted by atomic mass is 16.4. The van der Waals surface area contributed by atoms with Crippen molar-refractivity contribution < 1.29 is 19.1 Å². The third kappa shape index (κ3) is 4.96. The number of carboxylic acids is 1. The van der Waals surface area contributed by atoms with E-state index < -0.39 is 12.0 Å². The number of nitrogens with zero attached hydrogens (tertiary/aromatic N) is 2. The van der Waals surface area contributed by atoms with Crippen molar-refractivity contribution in [3.05, 3.63) is 36.3 Å². The Hall–Kier alpha value is -2.08. The monoisotopic (exact) mass is 334 g/mol. The van der Waals surface area contributed by atoms with E-state index in [2.05, 4.69) is 0 Å². The third-order valence-corrected chi connectivity index (χ3v) is 3.97. The molecular weight excluding hydrogens is 308 g/mol. The van der Waals surface area contributed by atoms with E-state index in [1.54, 1.807) is 23.1 Å². The van der Waals surface area contributed by atoms with E-state index in [-0.39, 0.29) is 11.3 Å². The van der Waals surface area contributed by atoms with Crippen LogP contribution in [0.1, 0.15) is 37.7 Å². The molecule has 1 aliphatic rings. The lowest BCUT2D eigenvalue weighted by Gasteiger charge is -2.26. The van der Waals surface area contributed by atoms with Crippen molar-refractivity contribution >= 4 is 11.9 Å². The highest BCUT2D eigenvalue weighted by Gasteiger charge is 2.28. The van der Waals surface area contributed by atoms with Gasteiger partial charge in [0.15, 0.2) is 5.76 Å². The summed E-state index contributed by atoms with van der Waals surface area (Å²) in [5, 5.41) is 9.55. The number of furan rings is 1. The molecule has 1 saturated heterocycles. The molecule has 0 aliphatic carbocycles. The van der Waals surface area contributed by atoms with Crippen LogP contribution in [-0.2, 0) is 4.79 Å². The number of allylic oxidation sites excluding steroid dienone is 1. The van der Waals surface area contributed by atoms with Gasteiger partial charge in [0.05, 0.1) is 6.26 Å². The topological polar surface area (TPSA) is 74.0 Å². The normalized spacial score (nSPS) is 18.5. The number of hydrogen-bond acceptors (Lipinski definition) is 4. The van der Waals surface area contributed by atoms with E-state index in [4.69, 9.17) is 4.42 Å². The highest BCUT2D eigenvalue weighted by Crippen LogP contribution is 2.17. The molecule has 24 heavy (non-hydrogen) atoms. The van der Waals surface area contributed by atoms with E-state index in [9.17, 15) is 14.7 Å². The maximum absolute atomic E-state index is 12.4. The van der Waals surface area contributed by atoms with Crippen LogP contribution in [0.2, 0.25) is 0 Å². The van der Waals surface area contributed by atoms with Gasteiger partial charge in [0.25, 0.3) is 5.91 Å². The second-order valence-electron chi connectivity index (χ2n) is 7.17. The summed E-state index contributed by atoms with van der Waals surface area (Å²) < 4.78 is 5.17. The van der Waals surface area contributed by atoms with Gasteiger partial charge in [0.1, 0.15) is 6.04 Å². The number of carboxylic acid groups (broad SMARTS) is 1. The Morgan fingerprint density at radius 3 is 2.58 bits per heavy atom. The van der Waals surface area contributed by atoms with Gasteiger partial charge in [0, 0.05) is 26.2 Å². The van der Waals surface area contributed by atoms with Crippen molar-refractivity contribution in [2.24, 2.45) is 5.41 Å². The van der Waals surface area contributed by atoms with Crippen LogP contribution in [0.5, 0.6) is 0 Å². The van der Waals surface area contributed by atoms with Gasteiger partial charge in [-0.1, -0.05) is 32.9 Å². The fourth-order valence-electron chi connectivity index (χ4n) is 2.71. The molecule has 1 N–H and O–H groups in total. The Bertz CT molecular complexity index is 587. The molecule has 132 valence electrons. The van der Waals surface area contributed by atoms with E-state index in [1.165, 1.54) is 6.26 Å². The van der Waals surface area contributed by atoms with Gasteiger partial charge < -0.3 is 14.4 Å². The van der Waals surface area contributed by atoms with Crippen LogP contribution in [-0.4, -0.2) is 59.0 Å². The maximum Gasteiger partial charge on any atom is 0.324 e. The van der Waals surface area contributed by atoms with Gasteiger partial charge in [-0.2, -0.15) is 0 Å². The zero-order chi connectivity index (χ0) is 17.7. The zero-order valence-corrected chi connectivity index (χ0v) is 14.6. The summed E-state index contributed by atoms with van der Waals surface area (Å²) in [6, 6.07) is 2.68.